The zero-order chi connectivity index (χ0) is 26.4. The van der Waals surface area contributed by atoms with Crippen LogP contribution in [0.2, 0.25) is 0 Å². The molecule has 2 amide bonds. The molecule has 0 aromatic rings. The van der Waals surface area contributed by atoms with Gasteiger partial charge in [-0.3, -0.25) is 5.01 Å². The monoisotopic (exact) mass is 512 g/mol. The average molecular weight is 513 g/mol. The first kappa shape index (κ1) is 27.5. The quantitative estimate of drug-likeness (QED) is 0.182. The van der Waals surface area contributed by atoms with Crippen molar-refractivity contribution in [2.75, 3.05) is 26.2 Å². The first-order valence-electron chi connectivity index (χ1n) is 15.9. The van der Waals surface area contributed by atoms with E-state index >= 15 is 0 Å². The summed E-state index contributed by atoms with van der Waals surface area (Å²) in [6.07, 6.45) is 17.0. The number of nitrogens with one attached hydrogen (secondary N) is 1. The van der Waals surface area contributed by atoms with Gasteiger partial charge in [0, 0.05) is 26.2 Å². The first-order chi connectivity index (χ1) is 17.6. The van der Waals surface area contributed by atoms with Crippen LogP contribution in [0, 0.1) is 46.3 Å². The van der Waals surface area contributed by atoms with Gasteiger partial charge in [-0.2, -0.15) is 0 Å². The van der Waals surface area contributed by atoms with E-state index in [4.69, 9.17) is 5.84 Å². The highest BCUT2D eigenvalue weighted by Crippen LogP contribution is 2.67. The number of hydrogen-bond donors (Lipinski definition) is 2. The van der Waals surface area contributed by atoms with E-state index < -0.39 is 0 Å². The van der Waals surface area contributed by atoms with Crippen LogP contribution in [-0.4, -0.2) is 48.2 Å². The van der Waals surface area contributed by atoms with E-state index in [1.165, 1.54) is 57.8 Å². The predicted molar refractivity (Wildman–Crippen MR) is 153 cm³/mol. The van der Waals surface area contributed by atoms with Crippen LogP contribution in [0.5, 0.6) is 0 Å². The molecule has 5 rings (SSSR count). The second-order valence-electron chi connectivity index (χ2n) is 14.6. The number of hydrazine groups is 1. The molecule has 0 aromatic heterocycles. The molecule has 8 atom stereocenters. The Hall–Kier alpha value is -1.07. The van der Waals surface area contributed by atoms with Crippen molar-refractivity contribution in [3.05, 3.63) is 11.6 Å². The van der Waals surface area contributed by atoms with Gasteiger partial charge in [-0.05, 0) is 97.7 Å². The summed E-state index contributed by atoms with van der Waals surface area (Å²) in [4.78, 5) is 15.0. The second kappa shape index (κ2) is 10.8. The molecule has 4 aliphatic carbocycles. The topological polar surface area (TPSA) is 61.6 Å². The van der Waals surface area contributed by atoms with Crippen molar-refractivity contribution in [2.24, 2.45) is 52.2 Å². The molecule has 1 heterocycles. The minimum absolute atomic E-state index is 0.0253. The molecule has 0 radical (unpaired) electrons. The third kappa shape index (κ3) is 5.01. The van der Waals surface area contributed by atoms with Gasteiger partial charge in [-0.15, -0.1) is 0 Å². The van der Waals surface area contributed by atoms with Gasteiger partial charge in [-0.25, -0.2) is 10.6 Å². The Morgan fingerprint density at radius 1 is 1.08 bits per heavy atom. The van der Waals surface area contributed by atoms with Gasteiger partial charge in [0.2, 0.25) is 0 Å². The molecule has 4 fully saturated rings. The lowest BCUT2D eigenvalue weighted by molar-refractivity contribution is -0.0539. The van der Waals surface area contributed by atoms with Gasteiger partial charge < -0.3 is 10.2 Å². The number of nitrogens with zero attached hydrogens (tertiary/aromatic N) is 2. The summed E-state index contributed by atoms with van der Waals surface area (Å²) >= 11 is 0. The fraction of sp³-hybridized carbons (Fsp3) is 0.906. The van der Waals surface area contributed by atoms with Gasteiger partial charge in [0.1, 0.15) is 0 Å². The highest BCUT2D eigenvalue weighted by atomic mass is 16.2. The summed E-state index contributed by atoms with van der Waals surface area (Å²) in [7, 11) is 0. The van der Waals surface area contributed by atoms with E-state index in [1.54, 1.807) is 10.6 Å². The second-order valence-corrected chi connectivity index (χ2v) is 14.6. The molecule has 210 valence electrons. The van der Waals surface area contributed by atoms with Crippen molar-refractivity contribution < 1.29 is 4.79 Å². The Morgan fingerprint density at radius 3 is 2.57 bits per heavy atom. The van der Waals surface area contributed by atoms with Crippen molar-refractivity contribution in [1.82, 2.24) is 15.2 Å². The van der Waals surface area contributed by atoms with Crippen molar-refractivity contribution >= 4 is 6.03 Å². The summed E-state index contributed by atoms with van der Waals surface area (Å²) in [5.41, 5.74) is 2.47. The van der Waals surface area contributed by atoms with Crippen LogP contribution in [0.15, 0.2) is 11.6 Å². The standard InChI is InChI=1S/C32H56N4O/c1-22(2)7-6-8-23(3)27-11-12-28-26-10-9-24-21-25(36(33)30(37)35-19-17-34-18-20-35)13-15-31(24,4)29(26)14-16-32(27,28)5/h9,22-23,25-29,34H,6-8,10-21,33H2,1-5H3/t23-,25?,26?,27-,28?,29?,31+,32-/m1/s1. The molecule has 3 N–H and O–H groups in total. The normalized spacial score (nSPS) is 40.5. The van der Waals surface area contributed by atoms with E-state index in [9.17, 15) is 4.79 Å². The Labute approximate surface area is 227 Å². The van der Waals surface area contributed by atoms with Crippen LogP contribution in [0.4, 0.5) is 4.79 Å². The summed E-state index contributed by atoms with van der Waals surface area (Å²) < 4.78 is 0. The van der Waals surface area contributed by atoms with Crippen LogP contribution in [0.3, 0.4) is 0 Å². The smallest absolute Gasteiger partial charge is 0.321 e. The minimum Gasteiger partial charge on any atom is -0.321 e. The number of amides is 2. The van der Waals surface area contributed by atoms with E-state index in [-0.39, 0.29) is 12.1 Å². The van der Waals surface area contributed by atoms with Gasteiger partial charge in [0.25, 0.3) is 0 Å². The van der Waals surface area contributed by atoms with Crippen molar-refractivity contribution in [2.45, 2.75) is 111 Å². The zero-order valence-electron chi connectivity index (χ0n) is 24.6. The lowest BCUT2D eigenvalue weighted by Gasteiger charge is -2.59. The van der Waals surface area contributed by atoms with Gasteiger partial charge in [0.05, 0.1) is 6.04 Å². The molecule has 0 bridgehead atoms. The van der Waals surface area contributed by atoms with Crippen LogP contribution in [0.1, 0.15) is 105 Å². The van der Waals surface area contributed by atoms with Gasteiger partial charge in [-0.1, -0.05) is 65.5 Å². The molecule has 0 aromatic carbocycles. The Balaban J connectivity index is 1.25. The molecule has 37 heavy (non-hydrogen) atoms. The van der Waals surface area contributed by atoms with Gasteiger partial charge >= 0.3 is 6.03 Å². The maximum Gasteiger partial charge on any atom is 0.334 e. The number of fused-ring (bicyclic) bond motifs is 5. The maximum atomic E-state index is 13.1. The minimum atomic E-state index is 0.0253. The largest absolute Gasteiger partial charge is 0.334 e. The van der Waals surface area contributed by atoms with Crippen molar-refractivity contribution in [3.63, 3.8) is 0 Å². The molecular formula is C32H56N4O. The summed E-state index contributed by atoms with van der Waals surface area (Å²) in [5, 5.41) is 4.93. The summed E-state index contributed by atoms with van der Waals surface area (Å²) in [6.45, 7) is 15.8. The molecular weight excluding hydrogens is 456 g/mol. The van der Waals surface area contributed by atoms with Crippen LogP contribution < -0.4 is 11.2 Å². The van der Waals surface area contributed by atoms with E-state index in [0.29, 0.717) is 10.8 Å². The van der Waals surface area contributed by atoms with Crippen molar-refractivity contribution in [1.29, 1.82) is 0 Å². The molecule has 4 unspecified atom stereocenters. The van der Waals surface area contributed by atoms with Crippen LogP contribution >= 0.6 is 0 Å². The van der Waals surface area contributed by atoms with Gasteiger partial charge in [0.15, 0.2) is 0 Å². The predicted octanol–water partition coefficient (Wildman–Crippen LogP) is 6.60. The molecule has 1 aliphatic heterocycles. The van der Waals surface area contributed by atoms with E-state index in [0.717, 1.165) is 74.5 Å². The molecule has 0 spiro atoms. The number of allylic oxidation sites excluding steroid dienone is 1. The molecule has 5 aliphatic rings. The number of hydrogen-bond acceptors (Lipinski definition) is 3. The third-order valence-electron chi connectivity index (χ3n) is 12.3. The number of urea groups is 1. The molecule has 5 nitrogen and oxygen atoms in total. The lowest BCUT2D eigenvalue weighted by Crippen LogP contribution is -2.58. The highest BCUT2D eigenvalue weighted by molar-refractivity contribution is 5.74. The number of carbonyl (C=O) groups excluding carboxylic acids is 1. The van der Waals surface area contributed by atoms with Crippen molar-refractivity contribution in [3.8, 4) is 0 Å². The Kier molecular flexibility index (Phi) is 8.05. The lowest BCUT2D eigenvalue weighted by atomic mass is 9.47. The van der Waals surface area contributed by atoms with E-state index in [1.807, 2.05) is 4.90 Å². The summed E-state index contributed by atoms with van der Waals surface area (Å²) in [5.74, 6) is 11.7. The molecule has 1 saturated heterocycles. The highest BCUT2D eigenvalue weighted by Gasteiger charge is 2.59. The Morgan fingerprint density at radius 2 is 1.84 bits per heavy atom. The molecule has 5 heteroatoms. The number of rotatable bonds is 6. The zero-order valence-corrected chi connectivity index (χ0v) is 24.6. The van der Waals surface area contributed by atoms with Crippen LogP contribution in [-0.2, 0) is 0 Å². The SMILES string of the molecule is CC(C)CCC[C@@H](C)[C@H]1CCC2C3CC=C4CC(N(N)C(=O)N5CCNCC5)CC[C@]4(C)C3CC[C@@]21C. The summed E-state index contributed by atoms with van der Waals surface area (Å²) in [6, 6.07) is 0.173. The van der Waals surface area contributed by atoms with E-state index in [2.05, 4.69) is 46.0 Å². The maximum absolute atomic E-state index is 13.1. The average Bonchev–Trinajstić information content (AvgIpc) is 3.25. The molecule has 3 saturated carbocycles. The number of nitrogens with two attached hydrogens (primary N) is 1. The van der Waals surface area contributed by atoms with Crippen LogP contribution in [0.25, 0.3) is 0 Å². The third-order valence-corrected chi connectivity index (χ3v) is 12.3. The number of piperazine rings is 1. The fourth-order valence-electron chi connectivity index (χ4n) is 10.1. The Bertz CT molecular complexity index is 850. The number of carbonyl (C=O) groups is 1. The first-order valence-corrected chi connectivity index (χ1v) is 15.9. The fourth-order valence-corrected chi connectivity index (χ4v) is 10.1.